The Bertz CT molecular complexity index is 382. The van der Waals surface area contributed by atoms with Crippen LogP contribution in [0, 0.1) is 0 Å². The van der Waals surface area contributed by atoms with Gasteiger partial charge in [-0.2, -0.15) is 0 Å². The summed E-state index contributed by atoms with van der Waals surface area (Å²) in [7, 11) is 0. The van der Waals surface area contributed by atoms with E-state index in [1.165, 1.54) is 6.92 Å². The number of aliphatic hydroxyl groups excluding tert-OH is 1. The molecule has 4 N–H and O–H groups in total. The van der Waals surface area contributed by atoms with E-state index in [1.807, 2.05) is 0 Å². The maximum Gasteiger partial charge on any atom is 0.364 e. The molecule has 0 unspecified atom stereocenters. The molecule has 1 aliphatic heterocycles. The number of carboxylic acid groups (broad SMARTS) is 1. The Morgan fingerprint density at radius 3 is 2.28 bits per heavy atom. The largest absolute Gasteiger partial charge is 0.477 e. The molecular weight excluding hydrogens is 246 g/mol. The van der Waals surface area contributed by atoms with Gasteiger partial charge in [-0.3, -0.25) is 9.59 Å². The summed E-state index contributed by atoms with van der Waals surface area (Å²) in [6.45, 7) is 2.29. The summed E-state index contributed by atoms with van der Waals surface area (Å²) < 4.78 is 4.81. The van der Waals surface area contributed by atoms with Gasteiger partial charge in [0.15, 0.2) is 5.78 Å². The van der Waals surface area contributed by atoms with Crippen LogP contribution in [0.2, 0.25) is 0 Å². The zero-order valence-corrected chi connectivity index (χ0v) is 9.91. The van der Waals surface area contributed by atoms with E-state index in [-0.39, 0.29) is 0 Å². The fraction of sp³-hybridized carbons (Fsp3) is 0.700. The lowest BCUT2D eigenvalue weighted by molar-refractivity contribution is -0.271. The zero-order valence-electron chi connectivity index (χ0n) is 9.91. The van der Waals surface area contributed by atoms with Gasteiger partial charge in [-0.25, -0.2) is 4.79 Å². The highest BCUT2D eigenvalue weighted by Crippen LogP contribution is 2.28. The van der Waals surface area contributed by atoms with Crippen molar-refractivity contribution in [2.45, 2.75) is 44.3 Å². The summed E-state index contributed by atoms with van der Waals surface area (Å²) >= 11 is 0. The molecule has 1 saturated heterocycles. The first-order valence-corrected chi connectivity index (χ1v) is 5.26. The number of aliphatic carboxylic acids is 1. The van der Waals surface area contributed by atoms with Crippen LogP contribution in [-0.2, 0) is 19.1 Å². The number of hydrogen-bond donors (Lipinski definition) is 4. The highest BCUT2D eigenvalue weighted by Gasteiger charge is 2.52. The van der Waals surface area contributed by atoms with Crippen LogP contribution < -0.4 is 5.32 Å². The molecule has 1 aliphatic rings. The number of Topliss-reactive ketones (excluding diaryl/α,β-unsaturated/α-hetero) is 1. The number of ether oxygens (including phenoxy) is 1. The summed E-state index contributed by atoms with van der Waals surface area (Å²) in [5, 5.41) is 30.5. The van der Waals surface area contributed by atoms with Crippen molar-refractivity contribution in [3.05, 3.63) is 0 Å². The Labute approximate surface area is 103 Å². The Kier molecular flexibility index (Phi) is 4.05. The van der Waals surface area contributed by atoms with Crippen LogP contribution >= 0.6 is 0 Å². The molecule has 8 nitrogen and oxygen atoms in total. The monoisotopic (exact) mass is 261 g/mol. The number of nitrogens with one attached hydrogen (secondary N) is 1. The lowest BCUT2D eigenvalue weighted by Crippen LogP contribution is -2.64. The minimum absolute atomic E-state index is 0.505. The number of amides is 1. The van der Waals surface area contributed by atoms with E-state index >= 15 is 0 Å². The molecule has 0 aromatic carbocycles. The molecule has 0 saturated carbocycles. The fourth-order valence-electron chi connectivity index (χ4n) is 1.82. The van der Waals surface area contributed by atoms with E-state index in [0.29, 0.717) is 0 Å². The first-order chi connectivity index (χ1) is 8.17. The van der Waals surface area contributed by atoms with Gasteiger partial charge < -0.3 is 25.4 Å². The third-order valence-electron chi connectivity index (χ3n) is 2.65. The molecule has 1 fully saturated rings. The van der Waals surface area contributed by atoms with Crippen molar-refractivity contribution in [2.24, 2.45) is 0 Å². The number of rotatable bonds is 3. The third kappa shape index (κ3) is 2.84. The van der Waals surface area contributed by atoms with Crippen molar-refractivity contribution in [1.29, 1.82) is 0 Å². The van der Waals surface area contributed by atoms with Crippen molar-refractivity contribution in [3.8, 4) is 0 Å². The quantitative estimate of drug-likeness (QED) is 0.462. The van der Waals surface area contributed by atoms with Crippen LogP contribution in [0.15, 0.2) is 0 Å². The molecule has 0 aromatic heterocycles. The topological polar surface area (TPSA) is 133 Å². The number of carbonyl (C=O) groups is 3. The molecule has 1 heterocycles. The van der Waals surface area contributed by atoms with Crippen LogP contribution in [0.5, 0.6) is 0 Å². The predicted molar refractivity (Wildman–Crippen MR) is 56.4 cm³/mol. The second kappa shape index (κ2) is 5.01. The summed E-state index contributed by atoms with van der Waals surface area (Å²) in [4.78, 5) is 33.1. The number of aliphatic hydroxyl groups is 2. The normalized spacial score (nSPS) is 35.9. The predicted octanol–water partition coefficient (Wildman–Crippen LogP) is -2.00. The van der Waals surface area contributed by atoms with Gasteiger partial charge in [0.25, 0.3) is 5.79 Å². The number of hydrogen-bond acceptors (Lipinski definition) is 6. The van der Waals surface area contributed by atoms with Crippen LogP contribution in [0.25, 0.3) is 0 Å². The van der Waals surface area contributed by atoms with Gasteiger partial charge in [-0.05, 0) is 6.92 Å². The van der Waals surface area contributed by atoms with Gasteiger partial charge in [-0.15, -0.1) is 0 Å². The molecule has 0 aromatic rings. The van der Waals surface area contributed by atoms with Gasteiger partial charge >= 0.3 is 5.97 Å². The molecule has 18 heavy (non-hydrogen) atoms. The summed E-state index contributed by atoms with van der Waals surface area (Å²) in [5.74, 6) is -5.44. The Balaban J connectivity index is 3.00. The van der Waals surface area contributed by atoms with Gasteiger partial charge in [0.1, 0.15) is 6.10 Å². The van der Waals surface area contributed by atoms with Crippen LogP contribution in [0.3, 0.4) is 0 Å². The van der Waals surface area contributed by atoms with Crippen molar-refractivity contribution >= 4 is 17.7 Å². The second-order valence-electron chi connectivity index (χ2n) is 4.24. The molecule has 1 rings (SSSR count). The molecule has 0 radical (unpaired) electrons. The van der Waals surface area contributed by atoms with E-state index < -0.39 is 48.1 Å². The third-order valence-corrected chi connectivity index (χ3v) is 2.65. The van der Waals surface area contributed by atoms with Gasteiger partial charge in [-0.1, -0.05) is 0 Å². The van der Waals surface area contributed by atoms with Crippen LogP contribution in [0.4, 0.5) is 0 Å². The molecule has 0 spiro atoms. The molecule has 102 valence electrons. The Hall–Kier alpha value is -1.51. The SMILES string of the molecule is CC(=O)N[C@@H]1[C@@H](O)C[C@](O)(C(=O)O)O[C@H]1C(C)=O. The van der Waals surface area contributed by atoms with Crippen molar-refractivity contribution in [1.82, 2.24) is 5.32 Å². The van der Waals surface area contributed by atoms with Crippen LogP contribution in [0.1, 0.15) is 20.3 Å². The zero-order chi connectivity index (χ0) is 14.1. The van der Waals surface area contributed by atoms with Gasteiger partial charge in [0, 0.05) is 13.3 Å². The standard InChI is InChI=1S/C10H15NO7/c1-4(12)8-7(11-5(2)13)6(14)3-10(17,18-8)9(15)16/h6-8,14,17H,3H2,1-2H3,(H,11,13)(H,15,16)/t6-,7+,8-,10+/m0/s1. The average molecular weight is 261 g/mol. The van der Waals surface area contributed by atoms with Crippen molar-refractivity contribution in [2.75, 3.05) is 0 Å². The average Bonchev–Trinajstić information content (AvgIpc) is 2.20. The fourth-order valence-corrected chi connectivity index (χ4v) is 1.82. The molecule has 4 atom stereocenters. The Morgan fingerprint density at radius 1 is 1.33 bits per heavy atom. The minimum Gasteiger partial charge on any atom is -0.477 e. The molecule has 8 heteroatoms. The lowest BCUT2D eigenvalue weighted by Gasteiger charge is -2.41. The number of carbonyl (C=O) groups excluding carboxylic acids is 2. The highest BCUT2D eigenvalue weighted by atomic mass is 16.7. The van der Waals surface area contributed by atoms with Crippen LogP contribution in [-0.4, -0.2) is 57.0 Å². The van der Waals surface area contributed by atoms with E-state index in [2.05, 4.69) is 5.32 Å². The molecule has 1 amide bonds. The van der Waals surface area contributed by atoms with Gasteiger partial charge in [0.05, 0.1) is 12.1 Å². The molecule has 0 aliphatic carbocycles. The molecule has 0 bridgehead atoms. The lowest BCUT2D eigenvalue weighted by atomic mass is 9.91. The summed E-state index contributed by atoms with van der Waals surface area (Å²) in [6, 6.07) is -1.08. The van der Waals surface area contributed by atoms with E-state index in [9.17, 15) is 24.6 Å². The van der Waals surface area contributed by atoms with E-state index in [1.54, 1.807) is 0 Å². The Morgan fingerprint density at radius 2 is 1.89 bits per heavy atom. The second-order valence-corrected chi connectivity index (χ2v) is 4.24. The highest BCUT2D eigenvalue weighted by molar-refractivity contribution is 5.84. The number of ketones is 1. The number of carboxylic acids is 1. The van der Waals surface area contributed by atoms with E-state index in [0.717, 1.165) is 6.92 Å². The summed E-state index contributed by atoms with van der Waals surface area (Å²) in [5.41, 5.74) is 0. The first kappa shape index (κ1) is 14.6. The van der Waals surface area contributed by atoms with E-state index in [4.69, 9.17) is 9.84 Å². The minimum atomic E-state index is -2.63. The van der Waals surface area contributed by atoms with Gasteiger partial charge in [0.2, 0.25) is 5.91 Å². The van der Waals surface area contributed by atoms with Crippen molar-refractivity contribution in [3.63, 3.8) is 0 Å². The van der Waals surface area contributed by atoms with Crippen molar-refractivity contribution < 1.29 is 34.4 Å². The maximum atomic E-state index is 11.4. The maximum absolute atomic E-state index is 11.4. The summed E-state index contributed by atoms with van der Waals surface area (Å²) in [6.07, 6.45) is -3.46. The smallest absolute Gasteiger partial charge is 0.364 e. The molecular formula is C10H15NO7. The first-order valence-electron chi connectivity index (χ1n) is 5.26.